The van der Waals surface area contributed by atoms with Crippen molar-refractivity contribution in [3.05, 3.63) is 5.75 Å². The molecule has 0 saturated carbocycles. The van der Waals surface area contributed by atoms with Gasteiger partial charge in [0.2, 0.25) is 5.91 Å². The number of hydrogen-bond acceptors (Lipinski definition) is 3. The van der Waals surface area contributed by atoms with Crippen LogP contribution in [-0.4, -0.2) is 26.6 Å². The molecule has 1 rings (SSSR count). The lowest BCUT2D eigenvalue weighted by Gasteiger charge is -2.10. The average Bonchev–Trinajstić information content (AvgIpc) is 1.60. The van der Waals surface area contributed by atoms with Crippen molar-refractivity contribution in [1.29, 1.82) is 0 Å². The Morgan fingerprint density at radius 3 is 2.56 bits per heavy atom. The van der Waals surface area contributed by atoms with Gasteiger partial charge in [-0.2, -0.15) is 0 Å². The van der Waals surface area contributed by atoms with Gasteiger partial charge in [0.05, 0.1) is 5.75 Å². The van der Waals surface area contributed by atoms with Crippen LogP contribution in [-0.2, 0) is 14.6 Å². The van der Waals surface area contributed by atoms with Gasteiger partial charge in [0.25, 0.3) is 0 Å². The fraction of sp³-hybridized carbons (Fsp3) is 0.500. The Morgan fingerprint density at radius 2 is 2.22 bits per heavy atom. The quantitative estimate of drug-likeness (QED) is 0.464. The molecular weight excluding hydrogens is 142 g/mol. The van der Waals surface area contributed by atoms with Crippen molar-refractivity contribution in [1.82, 2.24) is 5.32 Å². The highest BCUT2D eigenvalue weighted by atomic mass is 32.2. The molecule has 0 aromatic heterocycles. The molecule has 1 heterocycles. The van der Waals surface area contributed by atoms with Crippen molar-refractivity contribution < 1.29 is 13.2 Å². The van der Waals surface area contributed by atoms with Gasteiger partial charge in [-0.1, -0.05) is 0 Å². The van der Waals surface area contributed by atoms with Gasteiger partial charge in [-0.3, -0.25) is 4.79 Å². The molecule has 4 nitrogen and oxygen atoms in total. The van der Waals surface area contributed by atoms with Crippen LogP contribution in [0.1, 0.15) is 0 Å². The van der Waals surface area contributed by atoms with Gasteiger partial charge in [-0.05, 0) is 0 Å². The Kier molecular flexibility index (Phi) is 1.44. The van der Waals surface area contributed by atoms with E-state index >= 15 is 0 Å². The van der Waals surface area contributed by atoms with E-state index in [-0.39, 0.29) is 12.3 Å². The summed E-state index contributed by atoms with van der Waals surface area (Å²) in [5.74, 6) is 0.233. The summed E-state index contributed by atoms with van der Waals surface area (Å²) in [5.41, 5.74) is 0. The highest BCUT2D eigenvalue weighted by Crippen LogP contribution is 1.99. The van der Waals surface area contributed by atoms with Gasteiger partial charge in [0.15, 0.2) is 15.6 Å². The summed E-state index contributed by atoms with van der Waals surface area (Å²) in [7, 11) is -3.17. The van der Waals surface area contributed by atoms with E-state index in [1.165, 1.54) is 0 Å². The third-order valence-electron chi connectivity index (χ3n) is 0.972. The number of nitrogens with one attached hydrogen (secondary N) is 1. The number of rotatable bonds is 0. The van der Waals surface area contributed by atoms with Crippen LogP contribution < -0.4 is 5.32 Å². The Labute approximate surface area is 53.2 Å². The van der Waals surface area contributed by atoms with Crippen LogP contribution in [0.3, 0.4) is 0 Å². The normalized spacial score (nSPS) is 25.1. The fourth-order valence-corrected chi connectivity index (χ4v) is 1.49. The van der Waals surface area contributed by atoms with Crippen LogP contribution >= 0.6 is 0 Å². The predicted octanol–water partition coefficient (Wildman–Crippen LogP) is -1.31. The molecule has 1 fully saturated rings. The van der Waals surface area contributed by atoms with Gasteiger partial charge in [-0.15, -0.1) is 0 Å². The molecular formula is C4H6NO3S. The fourth-order valence-electron chi connectivity index (χ4n) is 0.580. The maximum atomic E-state index is 10.5. The summed E-state index contributed by atoms with van der Waals surface area (Å²) in [5, 5.41) is 2.36. The average molecular weight is 148 g/mol. The third kappa shape index (κ3) is 1.67. The van der Waals surface area contributed by atoms with Crippen LogP contribution in [0, 0.1) is 5.75 Å². The van der Waals surface area contributed by atoms with Crippen molar-refractivity contribution in [3.63, 3.8) is 0 Å². The molecule has 1 aliphatic heterocycles. The lowest BCUT2D eigenvalue weighted by atomic mass is 10.6. The van der Waals surface area contributed by atoms with Crippen molar-refractivity contribution in [3.8, 4) is 0 Å². The van der Waals surface area contributed by atoms with E-state index < -0.39 is 15.7 Å². The molecule has 0 aliphatic carbocycles. The first-order chi connectivity index (χ1) is 4.10. The second kappa shape index (κ2) is 1.98. The maximum Gasteiger partial charge on any atom is 0.240 e. The molecule has 0 unspecified atom stereocenters. The first-order valence-corrected chi connectivity index (χ1v) is 4.17. The highest BCUT2D eigenvalue weighted by Gasteiger charge is 2.21. The summed E-state index contributed by atoms with van der Waals surface area (Å²) in [6, 6.07) is 0. The maximum absolute atomic E-state index is 10.5. The Morgan fingerprint density at radius 1 is 1.56 bits per heavy atom. The van der Waals surface area contributed by atoms with E-state index in [4.69, 9.17) is 0 Å². The van der Waals surface area contributed by atoms with Crippen molar-refractivity contribution in [2.45, 2.75) is 0 Å². The third-order valence-corrected chi connectivity index (χ3v) is 2.32. The van der Waals surface area contributed by atoms with E-state index in [0.29, 0.717) is 0 Å². The van der Waals surface area contributed by atoms with Gasteiger partial charge in [0, 0.05) is 6.54 Å². The zero-order valence-corrected chi connectivity index (χ0v) is 5.44. The zero-order chi connectivity index (χ0) is 6.91. The molecule has 0 bridgehead atoms. The van der Waals surface area contributed by atoms with Crippen molar-refractivity contribution in [2.75, 3.05) is 12.3 Å². The largest absolute Gasteiger partial charge is 0.354 e. The molecule has 9 heavy (non-hydrogen) atoms. The monoisotopic (exact) mass is 148 g/mol. The van der Waals surface area contributed by atoms with Crippen LogP contribution in [0.15, 0.2) is 0 Å². The number of amides is 1. The highest BCUT2D eigenvalue weighted by molar-refractivity contribution is 7.94. The van der Waals surface area contributed by atoms with Crippen LogP contribution in [0.4, 0.5) is 0 Å². The molecule has 1 saturated heterocycles. The second-order valence-corrected chi connectivity index (χ2v) is 3.75. The van der Waals surface area contributed by atoms with Gasteiger partial charge < -0.3 is 5.32 Å². The number of hydrogen-bond donors (Lipinski definition) is 1. The molecule has 1 N–H and O–H groups in total. The molecule has 5 heteroatoms. The second-order valence-electron chi connectivity index (χ2n) is 1.78. The van der Waals surface area contributed by atoms with Gasteiger partial charge in [-0.25, -0.2) is 8.42 Å². The standard InChI is InChI=1S/C4H6NO3S/c6-4-3-9(7,8)2-1-5-4/h3H,1-2H2,(H,5,6). The Hall–Kier alpha value is -0.580. The van der Waals surface area contributed by atoms with E-state index in [9.17, 15) is 13.2 Å². The minimum atomic E-state index is -3.17. The summed E-state index contributed by atoms with van der Waals surface area (Å²) >= 11 is 0. The van der Waals surface area contributed by atoms with E-state index in [1.54, 1.807) is 0 Å². The minimum absolute atomic E-state index is 0.0265. The molecule has 1 aliphatic rings. The van der Waals surface area contributed by atoms with E-state index in [0.717, 1.165) is 5.75 Å². The first kappa shape index (κ1) is 6.54. The molecule has 0 spiro atoms. The SMILES string of the molecule is O=C1[CH]S(=O)(=O)CCN1. The van der Waals surface area contributed by atoms with Gasteiger partial charge >= 0.3 is 0 Å². The van der Waals surface area contributed by atoms with Crippen molar-refractivity contribution in [2.24, 2.45) is 0 Å². The topological polar surface area (TPSA) is 63.2 Å². The molecule has 1 amide bonds. The van der Waals surface area contributed by atoms with Crippen molar-refractivity contribution >= 4 is 15.7 Å². The molecule has 51 valence electrons. The van der Waals surface area contributed by atoms with Crippen LogP contribution in [0.2, 0.25) is 0 Å². The number of carbonyl (C=O) groups is 1. The lowest BCUT2D eigenvalue weighted by molar-refractivity contribution is -0.117. The Bertz CT molecular complexity index is 218. The van der Waals surface area contributed by atoms with E-state index in [1.807, 2.05) is 0 Å². The predicted molar refractivity (Wildman–Crippen MR) is 31.1 cm³/mol. The Balaban J connectivity index is 2.73. The molecule has 0 aromatic carbocycles. The number of carbonyl (C=O) groups excluding carboxylic acids is 1. The smallest absolute Gasteiger partial charge is 0.240 e. The summed E-state index contributed by atoms with van der Waals surface area (Å²) < 4.78 is 21.1. The molecule has 0 atom stereocenters. The molecule has 1 radical (unpaired) electrons. The minimum Gasteiger partial charge on any atom is -0.354 e. The van der Waals surface area contributed by atoms with Crippen LogP contribution in [0.5, 0.6) is 0 Å². The van der Waals surface area contributed by atoms with E-state index in [2.05, 4.69) is 5.32 Å². The zero-order valence-electron chi connectivity index (χ0n) is 4.62. The summed E-state index contributed by atoms with van der Waals surface area (Å²) in [4.78, 5) is 10.3. The number of sulfone groups is 1. The lowest BCUT2D eigenvalue weighted by Crippen LogP contribution is -2.37. The van der Waals surface area contributed by atoms with Gasteiger partial charge in [0.1, 0.15) is 0 Å². The first-order valence-electron chi connectivity index (χ1n) is 2.45. The summed E-state index contributed by atoms with van der Waals surface area (Å²) in [6.45, 7) is 0.234. The summed E-state index contributed by atoms with van der Waals surface area (Å²) in [6.07, 6.45) is 0. The molecule has 0 aromatic rings. The van der Waals surface area contributed by atoms with Crippen LogP contribution in [0.25, 0.3) is 0 Å².